The fourth-order valence-corrected chi connectivity index (χ4v) is 1.09. The molecule has 0 saturated heterocycles. The summed E-state index contributed by atoms with van der Waals surface area (Å²) in [4.78, 5) is 4.08. The lowest BCUT2D eigenvalue weighted by Crippen LogP contribution is -2.38. The fourth-order valence-electron chi connectivity index (χ4n) is 1.09. The lowest BCUT2D eigenvalue weighted by Gasteiger charge is -2.10. The molecule has 0 bridgehead atoms. The van der Waals surface area contributed by atoms with Gasteiger partial charge in [0.15, 0.2) is 5.96 Å². The Hall–Kier alpha value is -1.03. The van der Waals surface area contributed by atoms with Gasteiger partial charge in [-0.1, -0.05) is 19.9 Å². The minimum atomic E-state index is 0.606. The standard InChI is InChI=1S/C12H25N3O/c1-5-7-14-12(13-4)15-8-6-9-16-10-11(2)3/h5,11H,1,6-10H2,2-4H3,(H2,13,14,15). The van der Waals surface area contributed by atoms with Gasteiger partial charge in [-0.05, 0) is 12.3 Å². The molecule has 4 nitrogen and oxygen atoms in total. The lowest BCUT2D eigenvalue weighted by molar-refractivity contribution is 0.108. The smallest absolute Gasteiger partial charge is 0.191 e. The van der Waals surface area contributed by atoms with E-state index >= 15 is 0 Å². The van der Waals surface area contributed by atoms with Gasteiger partial charge in [-0.15, -0.1) is 6.58 Å². The number of nitrogens with zero attached hydrogens (tertiary/aromatic N) is 1. The Morgan fingerprint density at radius 1 is 1.44 bits per heavy atom. The van der Waals surface area contributed by atoms with Crippen molar-refractivity contribution in [1.82, 2.24) is 10.6 Å². The zero-order valence-corrected chi connectivity index (χ0v) is 10.8. The zero-order chi connectivity index (χ0) is 12.2. The first-order valence-corrected chi connectivity index (χ1v) is 5.83. The highest BCUT2D eigenvalue weighted by Crippen LogP contribution is 1.92. The highest BCUT2D eigenvalue weighted by Gasteiger charge is 1.96. The molecule has 0 unspecified atom stereocenters. The zero-order valence-electron chi connectivity index (χ0n) is 10.8. The van der Waals surface area contributed by atoms with Crippen LogP contribution >= 0.6 is 0 Å². The number of hydrogen-bond donors (Lipinski definition) is 2. The van der Waals surface area contributed by atoms with Gasteiger partial charge in [-0.3, -0.25) is 4.99 Å². The van der Waals surface area contributed by atoms with Crippen molar-refractivity contribution in [2.24, 2.45) is 10.9 Å². The number of ether oxygens (including phenoxy) is 1. The van der Waals surface area contributed by atoms with E-state index in [9.17, 15) is 0 Å². The molecule has 0 aromatic carbocycles. The van der Waals surface area contributed by atoms with Crippen LogP contribution in [-0.4, -0.2) is 39.3 Å². The van der Waals surface area contributed by atoms with Crippen LogP contribution in [0.5, 0.6) is 0 Å². The Morgan fingerprint density at radius 2 is 2.19 bits per heavy atom. The van der Waals surface area contributed by atoms with Crippen molar-refractivity contribution in [2.75, 3.05) is 33.4 Å². The molecule has 0 rings (SSSR count). The third-order valence-corrected chi connectivity index (χ3v) is 1.85. The van der Waals surface area contributed by atoms with Crippen molar-refractivity contribution < 1.29 is 4.74 Å². The van der Waals surface area contributed by atoms with Gasteiger partial charge in [0.1, 0.15) is 0 Å². The highest BCUT2D eigenvalue weighted by molar-refractivity contribution is 5.79. The first-order valence-electron chi connectivity index (χ1n) is 5.83. The normalized spacial score (nSPS) is 11.6. The van der Waals surface area contributed by atoms with Crippen molar-refractivity contribution in [3.05, 3.63) is 12.7 Å². The van der Waals surface area contributed by atoms with Crippen LogP contribution in [0.3, 0.4) is 0 Å². The number of hydrogen-bond acceptors (Lipinski definition) is 2. The van der Waals surface area contributed by atoms with Crippen molar-refractivity contribution in [3.8, 4) is 0 Å². The van der Waals surface area contributed by atoms with Gasteiger partial charge in [0.2, 0.25) is 0 Å². The molecule has 94 valence electrons. The molecular formula is C12H25N3O. The van der Waals surface area contributed by atoms with Crippen LogP contribution in [0, 0.1) is 5.92 Å². The van der Waals surface area contributed by atoms with Gasteiger partial charge < -0.3 is 15.4 Å². The molecule has 4 heteroatoms. The van der Waals surface area contributed by atoms with Crippen LogP contribution in [0.1, 0.15) is 20.3 Å². The molecule has 0 spiro atoms. The average Bonchev–Trinajstić information content (AvgIpc) is 2.26. The van der Waals surface area contributed by atoms with Gasteiger partial charge in [-0.2, -0.15) is 0 Å². The molecular weight excluding hydrogens is 202 g/mol. The summed E-state index contributed by atoms with van der Waals surface area (Å²) < 4.78 is 5.48. The van der Waals surface area contributed by atoms with E-state index in [0.29, 0.717) is 5.92 Å². The molecule has 0 saturated carbocycles. The third kappa shape index (κ3) is 9.52. The van der Waals surface area contributed by atoms with E-state index in [2.05, 4.69) is 36.1 Å². The van der Waals surface area contributed by atoms with Crippen LogP contribution in [0.4, 0.5) is 0 Å². The van der Waals surface area contributed by atoms with Gasteiger partial charge in [0.25, 0.3) is 0 Å². The largest absolute Gasteiger partial charge is 0.381 e. The predicted octanol–water partition coefficient (Wildman–Crippen LogP) is 1.40. The van der Waals surface area contributed by atoms with Gasteiger partial charge in [0, 0.05) is 33.4 Å². The molecule has 0 aliphatic carbocycles. The monoisotopic (exact) mass is 227 g/mol. The topological polar surface area (TPSA) is 45.7 Å². The second-order valence-corrected chi connectivity index (χ2v) is 3.99. The van der Waals surface area contributed by atoms with Crippen LogP contribution in [0.15, 0.2) is 17.6 Å². The van der Waals surface area contributed by atoms with Gasteiger partial charge in [0.05, 0.1) is 0 Å². The Labute approximate surface area is 99.2 Å². The summed E-state index contributed by atoms with van der Waals surface area (Å²) in [5.74, 6) is 1.42. The second-order valence-electron chi connectivity index (χ2n) is 3.99. The van der Waals surface area contributed by atoms with Crippen LogP contribution in [0.2, 0.25) is 0 Å². The number of rotatable bonds is 8. The summed E-state index contributed by atoms with van der Waals surface area (Å²) in [6.07, 6.45) is 2.79. The quantitative estimate of drug-likeness (QED) is 0.285. The number of nitrogens with one attached hydrogen (secondary N) is 2. The molecule has 16 heavy (non-hydrogen) atoms. The molecule has 0 aromatic rings. The molecule has 0 atom stereocenters. The van der Waals surface area contributed by atoms with E-state index in [1.807, 2.05) is 0 Å². The molecule has 0 radical (unpaired) electrons. The van der Waals surface area contributed by atoms with E-state index < -0.39 is 0 Å². The SMILES string of the molecule is C=CCNC(=NC)NCCCOCC(C)C. The summed E-state index contributed by atoms with van der Waals surface area (Å²) in [7, 11) is 1.76. The van der Waals surface area contributed by atoms with Crippen molar-refractivity contribution >= 4 is 5.96 Å². The Morgan fingerprint density at radius 3 is 2.75 bits per heavy atom. The molecule has 0 amide bonds. The Balaban J connectivity index is 3.38. The number of aliphatic imine (C=N–C) groups is 1. The first kappa shape index (κ1) is 15.0. The summed E-state index contributed by atoms with van der Waals surface area (Å²) in [5, 5.41) is 6.31. The van der Waals surface area contributed by atoms with E-state index in [0.717, 1.165) is 38.7 Å². The Bertz CT molecular complexity index is 202. The number of guanidine groups is 1. The predicted molar refractivity (Wildman–Crippen MR) is 69.8 cm³/mol. The molecule has 0 fully saturated rings. The molecule has 0 aromatic heterocycles. The van der Waals surface area contributed by atoms with Crippen LogP contribution in [-0.2, 0) is 4.74 Å². The lowest BCUT2D eigenvalue weighted by atomic mass is 10.2. The van der Waals surface area contributed by atoms with E-state index in [1.165, 1.54) is 0 Å². The fraction of sp³-hybridized carbons (Fsp3) is 0.750. The highest BCUT2D eigenvalue weighted by atomic mass is 16.5. The average molecular weight is 227 g/mol. The third-order valence-electron chi connectivity index (χ3n) is 1.85. The Kier molecular flexibility index (Phi) is 9.81. The summed E-state index contributed by atoms with van der Waals surface area (Å²) in [5.41, 5.74) is 0. The molecule has 0 aliphatic rings. The minimum absolute atomic E-state index is 0.606. The van der Waals surface area contributed by atoms with Gasteiger partial charge in [-0.25, -0.2) is 0 Å². The maximum Gasteiger partial charge on any atom is 0.191 e. The van der Waals surface area contributed by atoms with Crippen molar-refractivity contribution in [2.45, 2.75) is 20.3 Å². The van der Waals surface area contributed by atoms with E-state index in [1.54, 1.807) is 13.1 Å². The first-order chi connectivity index (χ1) is 7.70. The van der Waals surface area contributed by atoms with E-state index in [-0.39, 0.29) is 0 Å². The van der Waals surface area contributed by atoms with Crippen LogP contribution in [0.25, 0.3) is 0 Å². The summed E-state index contributed by atoms with van der Waals surface area (Å²) in [6, 6.07) is 0. The molecule has 0 aliphatic heterocycles. The maximum atomic E-state index is 5.48. The molecule has 0 heterocycles. The molecule has 2 N–H and O–H groups in total. The van der Waals surface area contributed by atoms with Crippen LogP contribution < -0.4 is 10.6 Å². The minimum Gasteiger partial charge on any atom is -0.381 e. The summed E-state index contributed by atoms with van der Waals surface area (Å²) >= 11 is 0. The second kappa shape index (κ2) is 10.5. The van der Waals surface area contributed by atoms with E-state index in [4.69, 9.17) is 4.74 Å². The van der Waals surface area contributed by atoms with Crippen molar-refractivity contribution in [3.63, 3.8) is 0 Å². The maximum absolute atomic E-state index is 5.48. The summed E-state index contributed by atoms with van der Waals surface area (Å²) in [6.45, 7) is 11.2. The van der Waals surface area contributed by atoms with Crippen molar-refractivity contribution in [1.29, 1.82) is 0 Å². The van der Waals surface area contributed by atoms with Gasteiger partial charge >= 0.3 is 0 Å².